The highest BCUT2D eigenvalue weighted by atomic mass is 35.5. The molecular formula is C25H25ClN2O3. The molecule has 2 amide bonds. The molecule has 1 aliphatic rings. The molecule has 1 aliphatic heterocycles. The largest absolute Gasteiger partial charge is 0.496 e. The predicted molar refractivity (Wildman–Crippen MR) is 124 cm³/mol. The number of hydrogen-bond donors (Lipinski definition) is 1. The Hall–Kier alpha value is -3.05. The van der Waals surface area contributed by atoms with Gasteiger partial charge in [0.25, 0.3) is 5.91 Å². The highest BCUT2D eigenvalue weighted by molar-refractivity contribution is 6.33. The van der Waals surface area contributed by atoms with Crippen LogP contribution >= 0.6 is 11.6 Å². The Morgan fingerprint density at radius 1 is 1.10 bits per heavy atom. The summed E-state index contributed by atoms with van der Waals surface area (Å²) < 4.78 is 5.44. The number of piperidine rings is 1. The first-order valence-electron chi connectivity index (χ1n) is 10.4. The third kappa shape index (κ3) is 4.37. The molecule has 0 unspecified atom stereocenters. The van der Waals surface area contributed by atoms with E-state index in [0.717, 1.165) is 34.9 Å². The number of ether oxygens (including phenoxy) is 1. The average Bonchev–Trinajstić information content (AvgIpc) is 2.79. The van der Waals surface area contributed by atoms with Gasteiger partial charge in [-0.15, -0.1) is 0 Å². The Morgan fingerprint density at radius 3 is 2.61 bits per heavy atom. The lowest BCUT2D eigenvalue weighted by Gasteiger charge is -2.32. The maximum absolute atomic E-state index is 13.4. The summed E-state index contributed by atoms with van der Waals surface area (Å²) in [6.45, 7) is 2.97. The molecule has 31 heavy (non-hydrogen) atoms. The quantitative estimate of drug-likeness (QED) is 0.603. The second kappa shape index (κ2) is 8.98. The van der Waals surface area contributed by atoms with Gasteiger partial charge >= 0.3 is 0 Å². The minimum atomic E-state index is -0.278. The van der Waals surface area contributed by atoms with Crippen LogP contribution in [-0.4, -0.2) is 36.9 Å². The van der Waals surface area contributed by atoms with E-state index in [9.17, 15) is 9.59 Å². The highest BCUT2D eigenvalue weighted by Crippen LogP contribution is 2.30. The van der Waals surface area contributed by atoms with E-state index in [2.05, 4.69) is 5.32 Å². The fourth-order valence-corrected chi connectivity index (χ4v) is 4.42. The third-order valence-corrected chi connectivity index (χ3v) is 6.11. The van der Waals surface area contributed by atoms with Gasteiger partial charge in [-0.25, -0.2) is 0 Å². The second-order valence-electron chi connectivity index (χ2n) is 7.92. The van der Waals surface area contributed by atoms with Gasteiger partial charge in [0.15, 0.2) is 0 Å². The summed E-state index contributed by atoms with van der Waals surface area (Å²) in [6, 6.07) is 16.9. The predicted octanol–water partition coefficient (Wildman–Crippen LogP) is 5.30. The summed E-state index contributed by atoms with van der Waals surface area (Å²) in [5.74, 6) is 0.283. The van der Waals surface area contributed by atoms with Gasteiger partial charge in [0.2, 0.25) is 5.91 Å². The van der Waals surface area contributed by atoms with E-state index in [1.165, 1.54) is 0 Å². The SMILES string of the molecule is COc1ccc(C(=O)N2CCC[C@H](C(=O)Nc3ccc(C)cc3Cl)C2)c2ccccc12. The van der Waals surface area contributed by atoms with Crippen molar-refractivity contribution in [2.75, 3.05) is 25.5 Å². The molecule has 1 N–H and O–H groups in total. The topological polar surface area (TPSA) is 58.6 Å². The Morgan fingerprint density at radius 2 is 1.87 bits per heavy atom. The molecule has 4 rings (SSSR count). The van der Waals surface area contributed by atoms with Crippen molar-refractivity contribution in [3.05, 3.63) is 70.7 Å². The lowest BCUT2D eigenvalue weighted by molar-refractivity contribution is -0.121. The normalized spacial score (nSPS) is 16.2. The molecule has 5 nitrogen and oxygen atoms in total. The Kier molecular flexibility index (Phi) is 6.14. The molecule has 0 aromatic heterocycles. The van der Waals surface area contributed by atoms with E-state index < -0.39 is 0 Å². The zero-order chi connectivity index (χ0) is 22.0. The van der Waals surface area contributed by atoms with Crippen LogP contribution in [0.2, 0.25) is 5.02 Å². The summed E-state index contributed by atoms with van der Waals surface area (Å²) in [5, 5.41) is 5.19. The van der Waals surface area contributed by atoms with Crippen molar-refractivity contribution < 1.29 is 14.3 Å². The molecule has 6 heteroatoms. The van der Waals surface area contributed by atoms with Crippen LogP contribution in [0.5, 0.6) is 5.75 Å². The van der Waals surface area contributed by atoms with Crippen LogP contribution < -0.4 is 10.1 Å². The van der Waals surface area contributed by atoms with Crippen LogP contribution in [0, 0.1) is 12.8 Å². The number of halogens is 1. The van der Waals surface area contributed by atoms with Crippen LogP contribution in [0.4, 0.5) is 5.69 Å². The number of hydrogen-bond acceptors (Lipinski definition) is 3. The van der Waals surface area contributed by atoms with Gasteiger partial charge in [-0.2, -0.15) is 0 Å². The van der Waals surface area contributed by atoms with Gasteiger partial charge in [-0.05, 0) is 55.0 Å². The minimum Gasteiger partial charge on any atom is -0.496 e. The maximum Gasteiger partial charge on any atom is 0.254 e. The van der Waals surface area contributed by atoms with Crippen molar-refractivity contribution in [3.63, 3.8) is 0 Å². The number of carbonyl (C=O) groups excluding carboxylic acids is 2. The van der Waals surface area contributed by atoms with E-state index in [-0.39, 0.29) is 17.7 Å². The number of rotatable bonds is 4. The van der Waals surface area contributed by atoms with Crippen molar-refractivity contribution in [3.8, 4) is 5.75 Å². The average molecular weight is 437 g/mol. The zero-order valence-corrected chi connectivity index (χ0v) is 18.4. The number of benzene rings is 3. The summed E-state index contributed by atoms with van der Waals surface area (Å²) in [4.78, 5) is 28.0. The van der Waals surface area contributed by atoms with E-state index in [1.54, 1.807) is 18.1 Å². The number of nitrogens with one attached hydrogen (secondary N) is 1. The molecule has 0 saturated carbocycles. The standard InChI is InChI=1S/C25H25ClN2O3/c1-16-9-11-22(21(26)14-16)27-24(29)17-6-5-13-28(15-17)25(30)20-10-12-23(31-2)19-8-4-3-7-18(19)20/h3-4,7-12,14,17H,5-6,13,15H2,1-2H3,(H,27,29)/t17-/m0/s1. The van der Waals surface area contributed by atoms with E-state index in [4.69, 9.17) is 16.3 Å². The Balaban J connectivity index is 1.53. The smallest absolute Gasteiger partial charge is 0.254 e. The van der Waals surface area contributed by atoms with Crippen molar-refractivity contribution >= 4 is 39.9 Å². The lowest BCUT2D eigenvalue weighted by atomic mass is 9.95. The number of aryl methyl sites for hydroxylation is 1. The number of carbonyl (C=O) groups is 2. The number of methoxy groups -OCH3 is 1. The fourth-order valence-electron chi connectivity index (χ4n) is 4.14. The number of amides is 2. The molecule has 1 saturated heterocycles. The van der Waals surface area contributed by atoms with Crippen molar-refractivity contribution in [2.24, 2.45) is 5.92 Å². The van der Waals surface area contributed by atoms with Crippen molar-refractivity contribution in [1.29, 1.82) is 0 Å². The van der Waals surface area contributed by atoms with Crippen LogP contribution in [0.1, 0.15) is 28.8 Å². The molecule has 3 aromatic rings. The maximum atomic E-state index is 13.4. The zero-order valence-electron chi connectivity index (χ0n) is 17.7. The molecule has 1 fully saturated rings. The Labute approximate surface area is 186 Å². The van der Waals surface area contributed by atoms with E-state index >= 15 is 0 Å². The molecule has 0 aliphatic carbocycles. The summed E-state index contributed by atoms with van der Waals surface area (Å²) in [5.41, 5.74) is 2.25. The first kappa shape index (κ1) is 21.2. The fraction of sp³-hybridized carbons (Fsp3) is 0.280. The van der Waals surface area contributed by atoms with Gasteiger partial charge in [0.05, 0.1) is 23.7 Å². The Bertz CT molecular complexity index is 1140. The van der Waals surface area contributed by atoms with Gasteiger partial charge in [0, 0.05) is 24.0 Å². The van der Waals surface area contributed by atoms with Gasteiger partial charge in [-0.3, -0.25) is 9.59 Å². The van der Waals surface area contributed by atoms with E-state index in [1.807, 2.05) is 55.5 Å². The number of nitrogens with zero attached hydrogens (tertiary/aromatic N) is 1. The molecule has 0 radical (unpaired) electrons. The molecule has 1 atom stereocenters. The summed E-state index contributed by atoms with van der Waals surface area (Å²) in [7, 11) is 1.62. The summed E-state index contributed by atoms with van der Waals surface area (Å²) in [6.07, 6.45) is 1.52. The first-order chi connectivity index (χ1) is 15.0. The van der Waals surface area contributed by atoms with Gasteiger partial charge in [0.1, 0.15) is 5.75 Å². The van der Waals surface area contributed by atoms with Crippen LogP contribution in [-0.2, 0) is 4.79 Å². The summed E-state index contributed by atoms with van der Waals surface area (Å²) >= 11 is 6.26. The van der Waals surface area contributed by atoms with Crippen LogP contribution in [0.15, 0.2) is 54.6 Å². The highest BCUT2D eigenvalue weighted by Gasteiger charge is 2.30. The molecule has 0 bridgehead atoms. The first-order valence-corrected chi connectivity index (χ1v) is 10.8. The number of fused-ring (bicyclic) bond motifs is 1. The lowest BCUT2D eigenvalue weighted by Crippen LogP contribution is -2.43. The molecule has 1 heterocycles. The second-order valence-corrected chi connectivity index (χ2v) is 8.33. The van der Waals surface area contributed by atoms with E-state index in [0.29, 0.717) is 29.4 Å². The minimum absolute atomic E-state index is 0.0651. The molecule has 3 aromatic carbocycles. The third-order valence-electron chi connectivity index (χ3n) is 5.80. The molecule has 0 spiro atoms. The number of likely N-dealkylation sites (tertiary alicyclic amines) is 1. The van der Waals surface area contributed by atoms with Crippen molar-refractivity contribution in [2.45, 2.75) is 19.8 Å². The molecular weight excluding hydrogens is 412 g/mol. The number of anilines is 1. The van der Waals surface area contributed by atoms with Crippen molar-refractivity contribution in [1.82, 2.24) is 4.90 Å². The molecule has 160 valence electrons. The van der Waals surface area contributed by atoms with Crippen LogP contribution in [0.25, 0.3) is 10.8 Å². The van der Waals surface area contributed by atoms with Gasteiger partial charge < -0.3 is 15.0 Å². The monoisotopic (exact) mass is 436 g/mol. The van der Waals surface area contributed by atoms with Crippen LogP contribution in [0.3, 0.4) is 0 Å². The van der Waals surface area contributed by atoms with Gasteiger partial charge in [-0.1, -0.05) is 41.9 Å².